The molecule has 0 spiro atoms. The van der Waals surface area contributed by atoms with E-state index in [-0.39, 0.29) is 6.54 Å². The molecule has 1 rings (SSSR count). The number of hydrogen-bond acceptors (Lipinski definition) is 5. The molecule has 1 heterocycles. The Morgan fingerprint density at radius 1 is 1.58 bits per heavy atom. The fourth-order valence-electron chi connectivity index (χ4n) is 0.590. The van der Waals surface area contributed by atoms with Crippen molar-refractivity contribution >= 4 is 23.3 Å². The molecule has 1 aromatic rings. The monoisotopic (exact) mass is 185 g/mol. The molecule has 4 nitrogen and oxygen atoms in total. The molecule has 0 aliphatic rings. The van der Waals surface area contributed by atoms with E-state index in [1.165, 1.54) is 11.3 Å². The molecule has 0 saturated heterocycles. The zero-order valence-corrected chi connectivity index (χ0v) is 6.97. The Morgan fingerprint density at radius 2 is 2.33 bits per heavy atom. The van der Waals surface area contributed by atoms with Crippen LogP contribution in [0.25, 0.3) is 0 Å². The molecule has 2 N–H and O–H groups in total. The van der Waals surface area contributed by atoms with Crippen molar-refractivity contribution in [2.75, 3.05) is 6.54 Å². The van der Waals surface area contributed by atoms with Crippen LogP contribution < -0.4 is 5.73 Å². The van der Waals surface area contributed by atoms with Crippen molar-refractivity contribution in [3.05, 3.63) is 22.4 Å². The Bertz CT molecular complexity index is 281. The molecule has 0 fully saturated rings. The van der Waals surface area contributed by atoms with E-state index in [9.17, 15) is 9.59 Å². The topological polar surface area (TPSA) is 69.4 Å². The maximum Gasteiger partial charge on any atom is 0.355 e. The van der Waals surface area contributed by atoms with E-state index < -0.39 is 11.9 Å². The lowest BCUT2D eigenvalue weighted by Crippen LogP contribution is -2.20. The molecule has 0 saturated carbocycles. The molecule has 0 aliphatic carbocycles. The van der Waals surface area contributed by atoms with Crippen molar-refractivity contribution in [1.82, 2.24) is 0 Å². The van der Waals surface area contributed by atoms with Crippen molar-refractivity contribution in [2.24, 2.45) is 5.73 Å². The Morgan fingerprint density at radius 3 is 2.83 bits per heavy atom. The summed E-state index contributed by atoms with van der Waals surface area (Å²) < 4.78 is 4.35. The van der Waals surface area contributed by atoms with Crippen LogP contribution in [0, 0.1) is 0 Å². The third-order valence-electron chi connectivity index (χ3n) is 1.10. The van der Waals surface area contributed by atoms with Crippen molar-refractivity contribution in [3.63, 3.8) is 0 Å². The van der Waals surface area contributed by atoms with Gasteiger partial charge in [0.15, 0.2) is 0 Å². The van der Waals surface area contributed by atoms with E-state index in [1.807, 2.05) is 0 Å². The predicted octanol–water partition coefficient (Wildman–Crippen LogP) is 0.390. The maximum absolute atomic E-state index is 11.0. The largest absolute Gasteiger partial charge is 0.388 e. The van der Waals surface area contributed by atoms with E-state index in [2.05, 4.69) is 4.74 Å². The van der Waals surface area contributed by atoms with Gasteiger partial charge in [0, 0.05) is 0 Å². The summed E-state index contributed by atoms with van der Waals surface area (Å²) >= 11 is 1.22. The highest BCUT2D eigenvalue weighted by molar-refractivity contribution is 7.12. The van der Waals surface area contributed by atoms with Crippen LogP contribution in [0.15, 0.2) is 17.5 Å². The second-order valence-corrected chi connectivity index (χ2v) is 2.89. The van der Waals surface area contributed by atoms with Crippen molar-refractivity contribution < 1.29 is 14.3 Å². The van der Waals surface area contributed by atoms with Crippen molar-refractivity contribution in [2.45, 2.75) is 0 Å². The lowest BCUT2D eigenvalue weighted by Gasteiger charge is -1.96. The number of carbonyl (C=O) groups is 2. The first-order valence-electron chi connectivity index (χ1n) is 3.22. The van der Waals surface area contributed by atoms with Crippen LogP contribution in [0.4, 0.5) is 0 Å². The van der Waals surface area contributed by atoms with Gasteiger partial charge in [0.1, 0.15) is 4.88 Å². The highest BCUT2D eigenvalue weighted by Crippen LogP contribution is 2.09. The minimum Gasteiger partial charge on any atom is -0.388 e. The molecule has 0 unspecified atom stereocenters. The molecule has 0 bridgehead atoms. The summed E-state index contributed by atoms with van der Waals surface area (Å²) in [6.07, 6.45) is 0. The minimum atomic E-state index is -0.714. The lowest BCUT2D eigenvalue weighted by molar-refractivity contribution is -0.136. The molecule has 0 aliphatic heterocycles. The number of thiophene rings is 1. The second kappa shape index (κ2) is 3.99. The third kappa shape index (κ3) is 2.14. The number of rotatable bonds is 2. The number of esters is 2. The highest BCUT2D eigenvalue weighted by atomic mass is 32.1. The summed E-state index contributed by atoms with van der Waals surface area (Å²) in [6, 6.07) is 3.28. The number of hydrogen-bond donors (Lipinski definition) is 1. The lowest BCUT2D eigenvalue weighted by atomic mass is 10.5. The summed E-state index contributed by atoms with van der Waals surface area (Å²) in [5.74, 6) is -1.35. The molecule has 1 aromatic heterocycles. The van der Waals surface area contributed by atoms with Gasteiger partial charge in [0.25, 0.3) is 0 Å². The van der Waals surface area contributed by atoms with Crippen LogP contribution in [-0.2, 0) is 9.53 Å². The van der Waals surface area contributed by atoms with Gasteiger partial charge in [-0.05, 0) is 11.4 Å². The molecule has 5 heteroatoms. The van der Waals surface area contributed by atoms with Crippen LogP contribution in [0.5, 0.6) is 0 Å². The fraction of sp³-hybridized carbons (Fsp3) is 0.143. The SMILES string of the molecule is NCC(=O)OC(=O)c1cccs1. The zero-order valence-electron chi connectivity index (χ0n) is 6.15. The molecule has 64 valence electrons. The standard InChI is InChI=1S/C7H7NO3S/c8-4-6(9)11-7(10)5-2-1-3-12-5/h1-3H,4,8H2. The van der Waals surface area contributed by atoms with Crippen LogP contribution in [0.2, 0.25) is 0 Å². The average Bonchev–Trinajstić information content (AvgIpc) is 2.56. The summed E-state index contributed by atoms with van der Waals surface area (Å²) in [4.78, 5) is 21.9. The second-order valence-electron chi connectivity index (χ2n) is 1.94. The van der Waals surface area contributed by atoms with Gasteiger partial charge in [-0.1, -0.05) is 6.07 Å². The van der Waals surface area contributed by atoms with Gasteiger partial charge in [-0.25, -0.2) is 4.79 Å². The van der Waals surface area contributed by atoms with Gasteiger partial charge in [-0.2, -0.15) is 0 Å². The Labute approximate surface area is 72.9 Å². The summed E-state index contributed by atoms with van der Waals surface area (Å²) in [7, 11) is 0. The van der Waals surface area contributed by atoms with Gasteiger partial charge >= 0.3 is 11.9 Å². The van der Waals surface area contributed by atoms with E-state index >= 15 is 0 Å². The van der Waals surface area contributed by atoms with E-state index in [0.717, 1.165) is 0 Å². The van der Waals surface area contributed by atoms with Gasteiger partial charge in [0.2, 0.25) is 0 Å². The van der Waals surface area contributed by atoms with Crippen LogP contribution in [0.3, 0.4) is 0 Å². The Hall–Kier alpha value is -1.20. The van der Waals surface area contributed by atoms with Crippen LogP contribution in [-0.4, -0.2) is 18.5 Å². The molecular formula is C7H7NO3S. The molecule has 0 atom stereocenters. The normalized spacial score (nSPS) is 9.42. The first-order chi connectivity index (χ1) is 5.74. The summed E-state index contributed by atoms with van der Waals surface area (Å²) in [5, 5.41) is 1.73. The summed E-state index contributed by atoms with van der Waals surface area (Å²) in [6.45, 7) is -0.281. The van der Waals surface area contributed by atoms with Crippen LogP contribution >= 0.6 is 11.3 Å². The molecule has 0 aromatic carbocycles. The average molecular weight is 185 g/mol. The van der Waals surface area contributed by atoms with Gasteiger partial charge in [-0.3, -0.25) is 4.79 Å². The molecule has 0 radical (unpaired) electrons. The van der Waals surface area contributed by atoms with E-state index in [4.69, 9.17) is 5.73 Å². The highest BCUT2D eigenvalue weighted by Gasteiger charge is 2.11. The van der Waals surface area contributed by atoms with Crippen molar-refractivity contribution in [3.8, 4) is 0 Å². The zero-order chi connectivity index (χ0) is 8.97. The number of nitrogens with two attached hydrogens (primary N) is 1. The smallest absolute Gasteiger partial charge is 0.355 e. The van der Waals surface area contributed by atoms with Gasteiger partial charge < -0.3 is 10.5 Å². The predicted molar refractivity (Wildman–Crippen MR) is 43.8 cm³/mol. The maximum atomic E-state index is 11.0. The van der Waals surface area contributed by atoms with Crippen molar-refractivity contribution in [1.29, 1.82) is 0 Å². The molecule has 0 amide bonds. The quantitative estimate of drug-likeness (QED) is 0.534. The fourth-order valence-corrected chi connectivity index (χ4v) is 1.19. The van der Waals surface area contributed by atoms with Gasteiger partial charge in [0.05, 0.1) is 6.54 Å². The molecule has 12 heavy (non-hydrogen) atoms. The van der Waals surface area contributed by atoms with Crippen LogP contribution in [0.1, 0.15) is 9.67 Å². The summed E-state index contributed by atoms with van der Waals surface area (Å²) in [5.41, 5.74) is 4.95. The number of ether oxygens (including phenoxy) is 1. The van der Waals surface area contributed by atoms with E-state index in [1.54, 1.807) is 17.5 Å². The first-order valence-corrected chi connectivity index (χ1v) is 4.10. The first kappa shape index (κ1) is 8.89. The molecular weight excluding hydrogens is 178 g/mol. The Kier molecular flexibility index (Phi) is 2.95. The van der Waals surface area contributed by atoms with E-state index in [0.29, 0.717) is 4.88 Å². The minimum absolute atomic E-state index is 0.281. The van der Waals surface area contributed by atoms with Gasteiger partial charge in [-0.15, -0.1) is 11.3 Å². The Balaban J connectivity index is 2.56. The number of carbonyl (C=O) groups excluding carboxylic acids is 2. The third-order valence-corrected chi connectivity index (χ3v) is 1.95.